The van der Waals surface area contributed by atoms with Crippen molar-refractivity contribution >= 4 is 5.97 Å². The molecular formula is C13H19NO3. The van der Waals surface area contributed by atoms with Gasteiger partial charge in [0.25, 0.3) is 0 Å². The van der Waals surface area contributed by atoms with Crippen molar-refractivity contribution in [1.82, 2.24) is 4.57 Å². The monoisotopic (exact) mass is 237 g/mol. The second-order valence-corrected chi connectivity index (χ2v) is 5.07. The van der Waals surface area contributed by atoms with Crippen LogP contribution in [0.1, 0.15) is 44.5 Å². The van der Waals surface area contributed by atoms with Crippen molar-refractivity contribution in [3.63, 3.8) is 0 Å². The van der Waals surface area contributed by atoms with Gasteiger partial charge in [-0.15, -0.1) is 0 Å². The lowest BCUT2D eigenvalue weighted by Gasteiger charge is -2.37. The first kappa shape index (κ1) is 12.0. The van der Waals surface area contributed by atoms with Gasteiger partial charge in [-0.2, -0.15) is 0 Å². The first-order chi connectivity index (χ1) is 7.95. The summed E-state index contributed by atoms with van der Waals surface area (Å²) in [6, 6.07) is 1.77. The van der Waals surface area contributed by atoms with Gasteiger partial charge in [-0.25, -0.2) is 4.79 Å². The van der Waals surface area contributed by atoms with E-state index in [1.54, 1.807) is 13.0 Å². The number of nitrogens with zero attached hydrogens (tertiary/aromatic N) is 1. The van der Waals surface area contributed by atoms with Crippen molar-refractivity contribution in [1.29, 1.82) is 0 Å². The minimum absolute atomic E-state index is 0.0300. The van der Waals surface area contributed by atoms with E-state index >= 15 is 0 Å². The Hall–Kier alpha value is -1.45. The van der Waals surface area contributed by atoms with Crippen LogP contribution in [-0.2, 0) is 10.3 Å². The van der Waals surface area contributed by atoms with Crippen LogP contribution in [0, 0.1) is 0 Å². The molecule has 17 heavy (non-hydrogen) atoms. The second kappa shape index (κ2) is 4.09. The lowest BCUT2D eigenvalue weighted by Crippen LogP contribution is -2.38. The molecule has 0 saturated heterocycles. The number of rotatable bonds is 2. The van der Waals surface area contributed by atoms with Crippen LogP contribution in [0.15, 0.2) is 12.3 Å². The van der Waals surface area contributed by atoms with Crippen LogP contribution < -0.4 is 4.74 Å². The highest BCUT2D eigenvalue weighted by molar-refractivity contribution is 5.92. The van der Waals surface area contributed by atoms with Gasteiger partial charge in [0, 0.05) is 18.2 Å². The highest BCUT2D eigenvalue weighted by Gasteiger charge is 2.34. The van der Waals surface area contributed by atoms with E-state index in [1.165, 1.54) is 0 Å². The number of hydrogen-bond donors (Lipinski definition) is 0. The Morgan fingerprint density at radius 3 is 3.00 bits per heavy atom. The molecule has 4 heteroatoms. The summed E-state index contributed by atoms with van der Waals surface area (Å²) >= 11 is 0. The van der Waals surface area contributed by atoms with Gasteiger partial charge in [-0.05, 0) is 33.8 Å². The molecule has 1 atom stereocenters. The molecule has 0 bridgehead atoms. The fraction of sp³-hybridized carbons (Fsp3) is 0.615. The number of fused-ring (bicyclic) bond motifs is 1. The van der Waals surface area contributed by atoms with Gasteiger partial charge in [0.1, 0.15) is 5.56 Å². The van der Waals surface area contributed by atoms with Crippen LogP contribution in [0.2, 0.25) is 0 Å². The molecule has 1 aliphatic heterocycles. The lowest BCUT2D eigenvalue weighted by molar-refractivity contribution is 0.0499. The summed E-state index contributed by atoms with van der Waals surface area (Å²) in [6.45, 7) is 8.48. The van der Waals surface area contributed by atoms with E-state index in [9.17, 15) is 4.79 Å². The van der Waals surface area contributed by atoms with Crippen molar-refractivity contribution < 1.29 is 14.3 Å². The molecule has 0 fully saturated rings. The minimum atomic E-state index is -0.314. The average molecular weight is 237 g/mol. The zero-order chi connectivity index (χ0) is 12.6. The SMILES string of the molecule is CCOC(=O)c1ccn2c1O[C@@H](C)CC2(C)C. The van der Waals surface area contributed by atoms with Gasteiger partial charge in [0.05, 0.1) is 12.7 Å². The van der Waals surface area contributed by atoms with E-state index in [1.807, 2.05) is 17.7 Å². The van der Waals surface area contributed by atoms with E-state index in [4.69, 9.17) is 9.47 Å². The summed E-state index contributed by atoms with van der Waals surface area (Å²) in [5, 5.41) is 0. The van der Waals surface area contributed by atoms with Crippen molar-refractivity contribution in [2.24, 2.45) is 0 Å². The first-order valence-electron chi connectivity index (χ1n) is 6.01. The van der Waals surface area contributed by atoms with Gasteiger partial charge >= 0.3 is 5.97 Å². The summed E-state index contributed by atoms with van der Waals surface area (Å²) in [7, 11) is 0. The van der Waals surface area contributed by atoms with Crippen LogP contribution in [0.5, 0.6) is 5.88 Å². The van der Waals surface area contributed by atoms with Crippen molar-refractivity contribution in [2.75, 3.05) is 6.61 Å². The number of carbonyl (C=O) groups excluding carboxylic acids is 1. The Kier molecular flexibility index (Phi) is 2.89. The van der Waals surface area contributed by atoms with Crippen molar-refractivity contribution in [3.05, 3.63) is 17.8 Å². The van der Waals surface area contributed by atoms with E-state index in [0.717, 1.165) is 6.42 Å². The Morgan fingerprint density at radius 2 is 2.35 bits per heavy atom. The highest BCUT2D eigenvalue weighted by Crippen LogP contribution is 2.37. The molecule has 0 radical (unpaired) electrons. The van der Waals surface area contributed by atoms with Gasteiger partial charge < -0.3 is 14.0 Å². The molecule has 94 valence electrons. The molecule has 1 aliphatic rings. The van der Waals surface area contributed by atoms with Gasteiger partial charge in [0.15, 0.2) is 0 Å². The Morgan fingerprint density at radius 1 is 1.65 bits per heavy atom. The van der Waals surface area contributed by atoms with Crippen molar-refractivity contribution in [2.45, 2.75) is 45.8 Å². The predicted molar refractivity (Wildman–Crippen MR) is 64.4 cm³/mol. The molecule has 0 saturated carbocycles. The summed E-state index contributed by atoms with van der Waals surface area (Å²) in [4.78, 5) is 11.8. The molecule has 1 aromatic rings. The zero-order valence-corrected chi connectivity index (χ0v) is 10.8. The maximum absolute atomic E-state index is 11.8. The quantitative estimate of drug-likeness (QED) is 0.742. The summed E-state index contributed by atoms with van der Waals surface area (Å²) in [5.41, 5.74) is 0.490. The summed E-state index contributed by atoms with van der Waals surface area (Å²) in [5.74, 6) is 0.318. The average Bonchev–Trinajstić information content (AvgIpc) is 2.60. The molecule has 4 nitrogen and oxygen atoms in total. The van der Waals surface area contributed by atoms with E-state index in [-0.39, 0.29) is 17.6 Å². The number of carbonyl (C=O) groups is 1. The highest BCUT2D eigenvalue weighted by atomic mass is 16.5. The van der Waals surface area contributed by atoms with Gasteiger partial charge in [-0.3, -0.25) is 0 Å². The normalized spacial score (nSPS) is 21.5. The van der Waals surface area contributed by atoms with E-state index in [2.05, 4.69) is 13.8 Å². The molecule has 0 unspecified atom stereocenters. The summed E-state index contributed by atoms with van der Waals surface area (Å²) < 4.78 is 12.8. The smallest absolute Gasteiger partial charge is 0.343 e. The predicted octanol–water partition coefficient (Wildman–Crippen LogP) is 2.57. The second-order valence-electron chi connectivity index (χ2n) is 5.07. The Bertz CT molecular complexity index is 434. The standard InChI is InChI=1S/C13H19NO3/c1-5-16-12(15)10-6-7-14-11(10)17-9(2)8-13(14,3)4/h6-7,9H,5,8H2,1-4H3/t9-/m0/s1. The third kappa shape index (κ3) is 2.04. The maximum atomic E-state index is 11.8. The molecule has 2 heterocycles. The number of ether oxygens (including phenoxy) is 2. The molecule has 2 rings (SSSR count). The first-order valence-corrected chi connectivity index (χ1v) is 6.01. The fourth-order valence-corrected chi connectivity index (χ4v) is 2.41. The summed E-state index contributed by atoms with van der Waals surface area (Å²) in [6.07, 6.45) is 2.94. The minimum Gasteiger partial charge on any atom is -0.475 e. The van der Waals surface area contributed by atoms with Crippen molar-refractivity contribution in [3.8, 4) is 5.88 Å². The van der Waals surface area contributed by atoms with E-state index < -0.39 is 0 Å². The number of aromatic nitrogens is 1. The Balaban J connectivity index is 2.40. The molecular weight excluding hydrogens is 218 g/mol. The van der Waals surface area contributed by atoms with Crippen LogP contribution in [0.4, 0.5) is 0 Å². The molecule has 0 aromatic carbocycles. The third-order valence-electron chi connectivity index (χ3n) is 3.09. The van der Waals surface area contributed by atoms with Crippen LogP contribution in [-0.4, -0.2) is 23.2 Å². The maximum Gasteiger partial charge on any atom is 0.343 e. The van der Waals surface area contributed by atoms with Gasteiger partial charge in [-0.1, -0.05) is 0 Å². The van der Waals surface area contributed by atoms with E-state index in [0.29, 0.717) is 18.1 Å². The lowest BCUT2D eigenvalue weighted by atomic mass is 9.95. The molecule has 1 aromatic heterocycles. The third-order valence-corrected chi connectivity index (χ3v) is 3.09. The molecule has 0 N–H and O–H groups in total. The topological polar surface area (TPSA) is 40.5 Å². The largest absolute Gasteiger partial charge is 0.475 e. The molecule has 0 spiro atoms. The van der Waals surface area contributed by atoms with Crippen LogP contribution >= 0.6 is 0 Å². The van der Waals surface area contributed by atoms with Gasteiger partial charge in [0.2, 0.25) is 5.88 Å². The fourth-order valence-electron chi connectivity index (χ4n) is 2.41. The molecule has 0 amide bonds. The van der Waals surface area contributed by atoms with Crippen LogP contribution in [0.3, 0.4) is 0 Å². The zero-order valence-electron chi connectivity index (χ0n) is 10.8. The Labute approximate surface area is 102 Å². The number of esters is 1. The number of hydrogen-bond acceptors (Lipinski definition) is 3. The molecule has 0 aliphatic carbocycles. The van der Waals surface area contributed by atoms with Crippen LogP contribution in [0.25, 0.3) is 0 Å².